The van der Waals surface area contributed by atoms with E-state index in [1.54, 1.807) is 0 Å². The number of fused-ring (bicyclic) bond motifs is 1. The van der Waals surface area contributed by atoms with E-state index in [1.807, 2.05) is 0 Å². The first-order valence-corrected chi connectivity index (χ1v) is 10.3. The Morgan fingerprint density at radius 1 is 1.26 bits per heavy atom. The number of hydrogen-bond acceptors (Lipinski definition) is 5. The minimum Gasteiger partial charge on any atom is -0.480 e. The Morgan fingerprint density at radius 3 is 2.57 bits per heavy atom. The van der Waals surface area contributed by atoms with Crippen LogP contribution in [-0.4, -0.2) is 48.6 Å². The van der Waals surface area contributed by atoms with Crippen molar-refractivity contribution in [3.8, 4) is 0 Å². The van der Waals surface area contributed by atoms with Gasteiger partial charge in [0.15, 0.2) is 9.84 Å². The highest BCUT2D eigenvalue weighted by Gasteiger charge is 2.47. The van der Waals surface area contributed by atoms with Gasteiger partial charge in [-0.1, -0.05) is 12.8 Å². The Labute approximate surface area is 139 Å². The third-order valence-corrected chi connectivity index (χ3v) is 7.66. The molecule has 1 N–H and O–H groups in total. The third kappa shape index (κ3) is 3.01. The van der Waals surface area contributed by atoms with Gasteiger partial charge < -0.3 is 10.0 Å². The van der Waals surface area contributed by atoms with Crippen molar-refractivity contribution in [2.45, 2.75) is 48.4 Å². The van der Waals surface area contributed by atoms with E-state index in [4.69, 9.17) is 0 Å². The van der Waals surface area contributed by atoms with Crippen LogP contribution in [0.3, 0.4) is 0 Å². The molecule has 1 saturated heterocycles. The van der Waals surface area contributed by atoms with Crippen LogP contribution in [-0.2, 0) is 14.6 Å². The second-order valence-corrected chi connectivity index (χ2v) is 9.63. The minimum atomic E-state index is -3.36. The molecule has 6 nitrogen and oxygen atoms in total. The van der Waals surface area contributed by atoms with Gasteiger partial charge in [0.05, 0.1) is 4.88 Å². The van der Waals surface area contributed by atoms with E-state index in [1.165, 1.54) is 17.0 Å². The molecule has 1 aromatic rings. The van der Waals surface area contributed by atoms with E-state index in [9.17, 15) is 23.1 Å². The fourth-order valence-electron chi connectivity index (χ4n) is 3.73. The smallest absolute Gasteiger partial charge is 0.326 e. The van der Waals surface area contributed by atoms with Crippen molar-refractivity contribution >= 4 is 33.1 Å². The van der Waals surface area contributed by atoms with Gasteiger partial charge in [-0.3, -0.25) is 4.79 Å². The SMILES string of the molecule is CS(=O)(=O)c1ccc(C(=O)N2C(C(=O)O)CC3CCCCC32)s1. The molecule has 1 amide bonds. The average Bonchev–Trinajstić information content (AvgIpc) is 3.11. The molecule has 23 heavy (non-hydrogen) atoms. The number of sulfone groups is 1. The van der Waals surface area contributed by atoms with Crippen molar-refractivity contribution in [3.05, 3.63) is 17.0 Å². The number of thiophene rings is 1. The zero-order valence-corrected chi connectivity index (χ0v) is 14.4. The Kier molecular flexibility index (Phi) is 4.22. The number of carbonyl (C=O) groups excluding carboxylic acids is 1. The number of aliphatic carboxylic acids is 1. The molecule has 0 spiro atoms. The third-order valence-electron chi connectivity index (χ3n) is 4.77. The van der Waals surface area contributed by atoms with E-state index < -0.39 is 21.8 Å². The molecule has 2 fully saturated rings. The van der Waals surface area contributed by atoms with Crippen molar-refractivity contribution in [2.24, 2.45) is 5.92 Å². The molecule has 1 aliphatic carbocycles. The summed E-state index contributed by atoms with van der Waals surface area (Å²) in [5.74, 6) is -1.09. The summed E-state index contributed by atoms with van der Waals surface area (Å²) in [6, 6.07) is 2.05. The molecule has 0 radical (unpaired) electrons. The summed E-state index contributed by atoms with van der Waals surface area (Å²) in [4.78, 5) is 26.2. The van der Waals surface area contributed by atoms with Crippen LogP contribution in [0.2, 0.25) is 0 Å². The van der Waals surface area contributed by atoms with Crippen molar-refractivity contribution < 1.29 is 23.1 Å². The molecular weight excluding hydrogens is 338 g/mol. The monoisotopic (exact) mass is 357 g/mol. The lowest BCUT2D eigenvalue weighted by atomic mass is 9.85. The van der Waals surface area contributed by atoms with E-state index in [-0.39, 0.29) is 22.1 Å². The van der Waals surface area contributed by atoms with Gasteiger partial charge in [0.25, 0.3) is 5.91 Å². The maximum absolute atomic E-state index is 12.8. The van der Waals surface area contributed by atoms with Crippen molar-refractivity contribution in [2.75, 3.05) is 6.26 Å². The summed E-state index contributed by atoms with van der Waals surface area (Å²) < 4.78 is 23.3. The molecule has 2 aliphatic rings. The van der Waals surface area contributed by atoms with Crippen LogP contribution < -0.4 is 0 Å². The summed E-state index contributed by atoms with van der Waals surface area (Å²) >= 11 is 0.916. The molecule has 1 aromatic heterocycles. The highest BCUT2D eigenvalue weighted by atomic mass is 32.2. The average molecular weight is 357 g/mol. The number of likely N-dealkylation sites (tertiary alicyclic amines) is 1. The van der Waals surface area contributed by atoms with Crippen molar-refractivity contribution in [1.29, 1.82) is 0 Å². The molecule has 0 bridgehead atoms. The highest BCUT2D eigenvalue weighted by Crippen LogP contribution is 2.41. The molecule has 1 aliphatic heterocycles. The molecule has 8 heteroatoms. The highest BCUT2D eigenvalue weighted by molar-refractivity contribution is 7.92. The minimum absolute atomic E-state index is 0.0406. The lowest BCUT2D eigenvalue weighted by Gasteiger charge is -2.32. The fraction of sp³-hybridized carbons (Fsp3) is 0.600. The summed E-state index contributed by atoms with van der Waals surface area (Å²) in [5.41, 5.74) is 0. The standard InChI is InChI=1S/C15H19NO5S2/c1-23(20,21)13-7-6-12(22-13)14(17)16-10-5-3-2-4-9(10)8-11(16)15(18)19/h6-7,9-11H,2-5,8H2,1H3,(H,18,19). The van der Waals surface area contributed by atoms with E-state index in [0.717, 1.165) is 43.3 Å². The van der Waals surface area contributed by atoms with Crippen LogP contribution >= 0.6 is 11.3 Å². The number of rotatable bonds is 3. The zero-order valence-electron chi connectivity index (χ0n) is 12.8. The lowest BCUT2D eigenvalue weighted by molar-refractivity contribution is -0.141. The van der Waals surface area contributed by atoms with Gasteiger partial charge in [-0.2, -0.15) is 0 Å². The van der Waals surface area contributed by atoms with Gasteiger partial charge in [0.1, 0.15) is 10.3 Å². The largest absolute Gasteiger partial charge is 0.480 e. The fourth-order valence-corrected chi connectivity index (χ4v) is 5.61. The summed E-state index contributed by atoms with van der Waals surface area (Å²) in [6.45, 7) is 0. The maximum atomic E-state index is 12.8. The first-order valence-electron chi connectivity index (χ1n) is 7.64. The molecule has 1 saturated carbocycles. The Morgan fingerprint density at radius 2 is 1.96 bits per heavy atom. The van der Waals surface area contributed by atoms with Gasteiger partial charge in [-0.15, -0.1) is 11.3 Å². The predicted octanol–water partition coefficient (Wildman–Crippen LogP) is 2.01. The van der Waals surface area contributed by atoms with Crippen LogP contribution in [0, 0.1) is 5.92 Å². The first kappa shape index (κ1) is 16.4. The molecule has 3 rings (SSSR count). The number of hydrogen-bond donors (Lipinski definition) is 1. The van der Waals surface area contributed by atoms with Crippen LogP contribution in [0.4, 0.5) is 0 Å². The number of amides is 1. The van der Waals surface area contributed by atoms with Crippen LogP contribution in [0.1, 0.15) is 41.8 Å². The summed E-state index contributed by atoms with van der Waals surface area (Å²) in [5, 5.41) is 9.47. The van der Waals surface area contributed by atoms with Gasteiger partial charge in [-0.05, 0) is 37.3 Å². The molecule has 3 atom stereocenters. The van der Waals surface area contributed by atoms with Crippen LogP contribution in [0.25, 0.3) is 0 Å². The number of carboxylic acids is 1. The molecule has 0 aromatic carbocycles. The maximum Gasteiger partial charge on any atom is 0.326 e. The Bertz CT molecular complexity index is 739. The van der Waals surface area contributed by atoms with Crippen LogP contribution in [0.5, 0.6) is 0 Å². The van der Waals surface area contributed by atoms with Crippen molar-refractivity contribution in [3.63, 3.8) is 0 Å². The van der Waals surface area contributed by atoms with Gasteiger partial charge in [0.2, 0.25) is 0 Å². The number of nitrogens with zero attached hydrogens (tertiary/aromatic N) is 1. The summed E-state index contributed by atoms with van der Waals surface area (Å²) in [6.07, 6.45) is 5.45. The molecular formula is C15H19NO5S2. The van der Waals surface area contributed by atoms with Gasteiger partial charge in [-0.25, -0.2) is 13.2 Å². The normalized spacial score (nSPS) is 27.7. The first-order chi connectivity index (χ1) is 10.8. The van der Waals surface area contributed by atoms with E-state index >= 15 is 0 Å². The van der Waals surface area contributed by atoms with Crippen molar-refractivity contribution in [1.82, 2.24) is 4.90 Å². The molecule has 126 valence electrons. The second kappa shape index (κ2) is 5.90. The lowest BCUT2D eigenvalue weighted by Crippen LogP contribution is -2.46. The number of carbonyl (C=O) groups is 2. The molecule has 3 unspecified atom stereocenters. The summed E-state index contributed by atoms with van der Waals surface area (Å²) in [7, 11) is -3.36. The Hall–Kier alpha value is -1.41. The quantitative estimate of drug-likeness (QED) is 0.893. The van der Waals surface area contributed by atoms with E-state index in [2.05, 4.69) is 0 Å². The van der Waals surface area contributed by atoms with Crippen LogP contribution in [0.15, 0.2) is 16.3 Å². The Balaban J connectivity index is 1.92. The zero-order chi connectivity index (χ0) is 16.8. The topological polar surface area (TPSA) is 91.8 Å². The molecule has 2 heterocycles. The number of carboxylic acid groups (broad SMARTS) is 1. The van der Waals surface area contributed by atoms with Gasteiger partial charge >= 0.3 is 5.97 Å². The van der Waals surface area contributed by atoms with Gasteiger partial charge in [0, 0.05) is 12.3 Å². The van der Waals surface area contributed by atoms with E-state index in [0.29, 0.717) is 11.3 Å². The predicted molar refractivity (Wildman–Crippen MR) is 85.4 cm³/mol. The second-order valence-electron chi connectivity index (χ2n) is 6.30.